The first kappa shape index (κ1) is 20.5. The Labute approximate surface area is 178 Å². The highest BCUT2D eigenvalue weighted by atomic mass is 32.1. The fraction of sp³-hybridized carbons (Fsp3) is 0.500. The zero-order valence-electron chi connectivity index (χ0n) is 16.8. The number of aromatic nitrogens is 2. The van der Waals surface area contributed by atoms with Gasteiger partial charge in [-0.05, 0) is 31.0 Å². The number of hydrogen-bond donors (Lipinski definition) is 2. The van der Waals surface area contributed by atoms with Gasteiger partial charge in [-0.25, -0.2) is 4.79 Å². The monoisotopic (exact) mass is 431 g/mol. The molecule has 2 aliphatic rings. The van der Waals surface area contributed by atoms with E-state index in [1.807, 2.05) is 12.1 Å². The van der Waals surface area contributed by atoms with Crippen LogP contribution >= 0.6 is 11.5 Å². The predicted molar refractivity (Wildman–Crippen MR) is 115 cm³/mol. The van der Waals surface area contributed by atoms with Crippen molar-refractivity contribution in [3.05, 3.63) is 23.8 Å². The van der Waals surface area contributed by atoms with Gasteiger partial charge in [0.2, 0.25) is 5.13 Å². The maximum Gasteiger partial charge on any atom is 0.329 e. The molecule has 2 aromatic rings. The second-order valence-electron chi connectivity index (χ2n) is 7.34. The van der Waals surface area contributed by atoms with Gasteiger partial charge in [-0.3, -0.25) is 10.1 Å². The van der Waals surface area contributed by atoms with Gasteiger partial charge in [-0.15, -0.1) is 4.37 Å². The molecule has 0 bridgehead atoms. The molecular formula is C20H25N5O4S. The first-order valence-corrected chi connectivity index (χ1v) is 10.9. The lowest BCUT2D eigenvalue weighted by atomic mass is 9.94. The third-order valence-corrected chi connectivity index (χ3v) is 6.04. The van der Waals surface area contributed by atoms with E-state index in [1.54, 1.807) is 6.07 Å². The minimum Gasteiger partial charge on any atom is -0.466 e. The van der Waals surface area contributed by atoms with Gasteiger partial charge in [0.1, 0.15) is 0 Å². The standard InChI is InChI=1S/C20H25N5O4S/c1-28-19-23-20(30-24-19)22-18(27)21-16-7-6-14(25-8-10-29-11-9-25)12-15(16)17(26)13-4-2-3-5-13/h6-7,12-13H,2-5,8-11H2,1H3,(H2,21,22,23,24,27). The van der Waals surface area contributed by atoms with Crippen LogP contribution < -0.4 is 20.3 Å². The van der Waals surface area contributed by atoms with E-state index in [0.29, 0.717) is 29.6 Å². The largest absolute Gasteiger partial charge is 0.466 e. The summed E-state index contributed by atoms with van der Waals surface area (Å²) in [4.78, 5) is 32.0. The second kappa shape index (κ2) is 9.40. The van der Waals surface area contributed by atoms with Gasteiger partial charge in [0.05, 0.1) is 26.0 Å². The van der Waals surface area contributed by atoms with E-state index in [4.69, 9.17) is 9.47 Å². The van der Waals surface area contributed by atoms with Crippen LogP contribution in [0.3, 0.4) is 0 Å². The number of carbonyl (C=O) groups excluding carboxylic acids is 2. The van der Waals surface area contributed by atoms with E-state index in [-0.39, 0.29) is 17.7 Å². The number of Topliss-reactive ketones (excluding diaryl/α,β-unsaturated/α-hetero) is 1. The predicted octanol–water partition coefficient (Wildman–Crippen LogP) is 3.40. The summed E-state index contributed by atoms with van der Waals surface area (Å²) in [5.74, 6) is 0.108. The summed E-state index contributed by atoms with van der Waals surface area (Å²) >= 11 is 1.02. The quantitative estimate of drug-likeness (QED) is 0.675. The number of hydrogen-bond acceptors (Lipinski definition) is 8. The molecule has 0 unspecified atom stereocenters. The maximum atomic E-state index is 13.2. The number of nitrogens with one attached hydrogen (secondary N) is 2. The molecule has 2 fully saturated rings. The van der Waals surface area contributed by atoms with Crippen molar-refractivity contribution in [2.24, 2.45) is 5.92 Å². The maximum absolute atomic E-state index is 13.2. The average molecular weight is 432 g/mol. The highest BCUT2D eigenvalue weighted by Crippen LogP contribution is 2.33. The van der Waals surface area contributed by atoms with Crippen LogP contribution in [0.25, 0.3) is 0 Å². The molecule has 2 amide bonds. The highest BCUT2D eigenvalue weighted by molar-refractivity contribution is 7.10. The van der Waals surface area contributed by atoms with Gasteiger partial charge in [-0.2, -0.15) is 4.98 Å². The molecule has 2 N–H and O–H groups in total. The molecule has 9 nitrogen and oxygen atoms in total. The van der Waals surface area contributed by atoms with E-state index >= 15 is 0 Å². The Morgan fingerprint density at radius 1 is 1.20 bits per heavy atom. The van der Waals surface area contributed by atoms with Crippen molar-refractivity contribution in [1.29, 1.82) is 0 Å². The minimum atomic E-state index is -0.478. The van der Waals surface area contributed by atoms with E-state index < -0.39 is 6.03 Å². The number of carbonyl (C=O) groups is 2. The van der Waals surface area contributed by atoms with Gasteiger partial charge < -0.3 is 19.7 Å². The number of methoxy groups -OCH3 is 1. The number of ketones is 1. The molecule has 1 aliphatic carbocycles. The Morgan fingerprint density at radius 2 is 1.97 bits per heavy atom. The topological polar surface area (TPSA) is 106 Å². The molecule has 2 heterocycles. The summed E-state index contributed by atoms with van der Waals surface area (Å²) in [7, 11) is 1.46. The van der Waals surface area contributed by atoms with Crippen LogP contribution in [0.15, 0.2) is 18.2 Å². The van der Waals surface area contributed by atoms with Gasteiger partial charge in [-0.1, -0.05) is 12.8 Å². The average Bonchev–Trinajstić information content (AvgIpc) is 3.46. The van der Waals surface area contributed by atoms with Gasteiger partial charge in [0, 0.05) is 41.8 Å². The van der Waals surface area contributed by atoms with Gasteiger partial charge >= 0.3 is 12.0 Å². The molecule has 30 heavy (non-hydrogen) atoms. The number of anilines is 3. The molecule has 160 valence electrons. The molecule has 1 saturated carbocycles. The SMILES string of the molecule is COc1nsc(NC(=O)Nc2ccc(N3CCOCC3)cc2C(=O)C2CCCC2)n1. The summed E-state index contributed by atoms with van der Waals surface area (Å²) in [6.07, 6.45) is 3.94. The Morgan fingerprint density at radius 3 is 2.67 bits per heavy atom. The lowest BCUT2D eigenvalue weighted by Gasteiger charge is -2.29. The smallest absolute Gasteiger partial charge is 0.329 e. The third kappa shape index (κ3) is 4.71. The number of urea groups is 1. The lowest BCUT2D eigenvalue weighted by molar-refractivity contribution is 0.0923. The van der Waals surface area contributed by atoms with Crippen molar-refractivity contribution in [2.75, 3.05) is 48.9 Å². The number of nitrogens with zero attached hydrogens (tertiary/aromatic N) is 3. The Bertz CT molecular complexity index is 906. The molecule has 1 aromatic heterocycles. The molecule has 1 saturated heterocycles. The fourth-order valence-electron chi connectivity index (χ4n) is 3.87. The van der Waals surface area contributed by atoms with E-state index in [9.17, 15) is 9.59 Å². The number of ether oxygens (including phenoxy) is 2. The van der Waals surface area contributed by atoms with Gasteiger partial charge in [0.25, 0.3) is 0 Å². The third-order valence-electron chi connectivity index (χ3n) is 5.43. The van der Waals surface area contributed by atoms with E-state index in [0.717, 1.165) is 56.0 Å². The van der Waals surface area contributed by atoms with Crippen LogP contribution in [0.4, 0.5) is 21.3 Å². The van der Waals surface area contributed by atoms with Crippen molar-refractivity contribution in [1.82, 2.24) is 9.36 Å². The molecule has 1 aliphatic heterocycles. The van der Waals surface area contributed by atoms with Crippen LogP contribution in [-0.2, 0) is 4.74 Å². The molecule has 10 heteroatoms. The number of amides is 2. The molecular weight excluding hydrogens is 406 g/mol. The van der Waals surface area contributed by atoms with Crippen LogP contribution in [0, 0.1) is 5.92 Å². The Kier molecular flexibility index (Phi) is 6.44. The summed E-state index contributed by atoms with van der Waals surface area (Å²) in [6, 6.07) is 5.35. The fourth-order valence-corrected chi connectivity index (χ4v) is 4.40. The van der Waals surface area contributed by atoms with Crippen molar-refractivity contribution < 1.29 is 19.1 Å². The zero-order valence-corrected chi connectivity index (χ0v) is 17.7. The first-order chi connectivity index (χ1) is 14.6. The van der Waals surface area contributed by atoms with E-state index in [1.165, 1.54) is 7.11 Å². The van der Waals surface area contributed by atoms with Crippen LogP contribution in [0.1, 0.15) is 36.0 Å². The summed E-state index contributed by atoms with van der Waals surface area (Å²) in [5, 5.41) is 5.76. The van der Waals surface area contributed by atoms with Crippen LogP contribution in [0.2, 0.25) is 0 Å². The van der Waals surface area contributed by atoms with Crippen molar-refractivity contribution >= 4 is 39.9 Å². The Balaban J connectivity index is 1.55. The van der Waals surface area contributed by atoms with E-state index in [2.05, 4.69) is 24.9 Å². The minimum absolute atomic E-state index is 0.0148. The number of rotatable bonds is 6. The molecule has 4 rings (SSSR count). The van der Waals surface area contributed by atoms with Crippen molar-refractivity contribution in [3.63, 3.8) is 0 Å². The highest BCUT2D eigenvalue weighted by Gasteiger charge is 2.27. The Hall–Kier alpha value is -2.72. The van der Waals surface area contributed by atoms with Crippen LogP contribution in [0.5, 0.6) is 6.01 Å². The van der Waals surface area contributed by atoms with Gasteiger partial charge in [0.15, 0.2) is 5.78 Å². The molecule has 0 radical (unpaired) electrons. The zero-order chi connectivity index (χ0) is 20.9. The van der Waals surface area contributed by atoms with Crippen molar-refractivity contribution in [3.8, 4) is 6.01 Å². The summed E-state index contributed by atoms with van der Waals surface area (Å²) < 4.78 is 14.3. The first-order valence-electron chi connectivity index (χ1n) is 10.1. The summed E-state index contributed by atoms with van der Waals surface area (Å²) in [6.45, 7) is 2.89. The van der Waals surface area contributed by atoms with Crippen LogP contribution in [-0.4, -0.2) is 54.6 Å². The normalized spacial score (nSPS) is 17.0. The number of morpholine rings is 1. The molecule has 1 aromatic carbocycles. The summed E-state index contributed by atoms with van der Waals surface area (Å²) in [5.41, 5.74) is 2.02. The second-order valence-corrected chi connectivity index (χ2v) is 8.09. The number of benzene rings is 1. The lowest BCUT2D eigenvalue weighted by Crippen LogP contribution is -2.36. The molecule has 0 atom stereocenters. The van der Waals surface area contributed by atoms with Crippen molar-refractivity contribution in [2.45, 2.75) is 25.7 Å². The molecule has 0 spiro atoms.